The van der Waals surface area contributed by atoms with Gasteiger partial charge in [0.15, 0.2) is 0 Å². The average molecular weight is 285 g/mol. The van der Waals surface area contributed by atoms with Crippen LogP contribution in [0.25, 0.3) is 10.9 Å². The minimum absolute atomic E-state index is 0.304. The topological polar surface area (TPSA) is 66.5 Å². The van der Waals surface area contributed by atoms with Crippen LogP contribution in [0.2, 0.25) is 0 Å². The number of benzene rings is 1. The summed E-state index contributed by atoms with van der Waals surface area (Å²) in [4.78, 5) is 8.22. The molecular weight excluding hydrogens is 269 g/mol. The first-order chi connectivity index (χ1) is 10.3. The Hall–Kier alpha value is -2.50. The summed E-state index contributed by atoms with van der Waals surface area (Å²) in [5.74, 6) is 0.239. The van der Waals surface area contributed by atoms with Gasteiger partial charge in [-0.1, -0.05) is 6.07 Å². The molecule has 0 saturated carbocycles. The van der Waals surface area contributed by atoms with Gasteiger partial charge in [0.2, 0.25) is 0 Å². The van der Waals surface area contributed by atoms with Gasteiger partial charge in [0.25, 0.3) is 0 Å². The molecule has 0 atom stereocenters. The third-order valence-corrected chi connectivity index (χ3v) is 3.46. The molecule has 0 fully saturated rings. The lowest BCUT2D eigenvalue weighted by molar-refractivity contribution is 0.639. The average Bonchev–Trinajstić information content (AvgIpc) is 2.89. The number of nitrogens with zero attached hydrogens (tertiary/aromatic N) is 3. The van der Waals surface area contributed by atoms with Crippen molar-refractivity contribution in [3.63, 3.8) is 0 Å². The van der Waals surface area contributed by atoms with E-state index in [0.29, 0.717) is 23.3 Å². The molecule has 108 valence electrons. The third kappa shape index (κ3) is 2.84. The number of H-pyrrole nitrogens is 1. The van der Waals surface area contributed by atoms with E-state index in [1.807, 2.05) is 13.1 Å². The Morgan fingerprint density at radius 3 is 3.00 bits per heavy atom. The molecule has 0 aliphatic heterocycles. The number of aromatic amines is 1. The number of nitrogens with one attached hydrogen (secondary N) is 2. The maximum absolute atomic E-state index is 13.9. The van der Waals surface area contributed by atoms with Gasteiger partial charge in [-0.3, -0.25) is 5.10 Å². The highest BCUT2D eigenvalue weighted by molar-refractivity contribution is 5.89. The Kier molecular flexibility index (Phi) is 3.77. The molecule has 0 bridgehead atoms. The molecule has 0 aliphatic rings. The molecule has 3 aromatic rings. The van der Waals surface area contributed by atoms with Gasteiger partial charge in [0.05, 0.1) is 17.1 Å². The lowest BCUT2D eigenvalue weighted by atomic mass is 10.1. The number of halogens is 1. The minimum Gasteiger partial charge on any atom is -0.369 e. The van der Waals surface area contributed by atoms with Crippen molar-refractivity contribution in [3.05, 3.63) is 47.8 Å². The van der Waals surface area contributed by atoms with E-state index < -0.39 is 0 Å². The second-order valence-corrected chi connectivity index (χ2v) is 4.91. The minimum atomic E-state index is -0.304. The van der Waals surface area contributed by atoms with Crippen molar-refractivity contribution < 1.29 is 4.39 Å². The lowest BCUT2D eigenvalue weighted by Crippen LogP contribution is -2.06. The van der Waals surface area contributed by atoms with E-state index in [1.165, 1.54) is 18.0 Å². The predicted octanol–water partition coefficient (Wildman–Crippen LogP) is 2.85. The summed E-state index contributed by atoms with van der Waals surface area (Å²) in [5, 5.41) is 10.5. The summed E-state index contributed by atoms with van der Waals surface area (Å²) < 4.78 is 13.9. The highest BCUT2D eigenvalue weighted by atomic mass is 19.1. The van der Waals surface area contributed by atoms with Gasteiger partial charge in [-0.2, -0.15) is 5.10 Å². The largest absolute Gasteiger partial charge is 0.369 e. The molecule has 2 N–H and O–H groups in total. The van der Waals surface area contributed by atoms with Crippen LogP contribution in [0.15, 0.2) is 30.7 Å². The van der Waals surface area contributed by atoms with E-state index in [2.05, 4.69) is 25.5 Å². The highest BCUT2D eigenvalue weighted by Crippen LogP contribution is 2.22. The smallest absolute Gasteiger partial charge is 0.140 e. The summed E-state index contributed by atoms with van der Waals surface area (Å²) in [7, 11) is 0. The summed E-state index contributed by atoms with van der Waals surface area (Å²) in [6.07, 6.45) is 5.13. The van der Waals surface area contributed by atoms with Crippen LogP contribution < -0.4 is 5.32 Å². The Balaban J connectivity index is 1.67. The molecule has 1 aromatic carbocycles. The fourth-order valence-corrected chi connectivity index (χ4v) is 2.32. The monoisotopic (exact) mass is 285 g/mol. The second-order valence-electron chi connectivity index (χ2n) is 4.91. The van der Waals surface area contributed by atoms with Gasteiger partial charge < -0.3 is 5.32 Å². The zero-order valence-electron chi connectivity index (χ0n) is 11.7. The molecule has 2 aromatic heterocycles. The summed E-state index contributed by atoms with van der Waals surface area (Å²) >= 11 is 0. The number of aromatic nitrogens is 4. The third-order valence-electron chi connectivity index (χ3n) is 3.46. The van der Waals surface area contributed by atoms with Gasteiger partial charge in [0.1, 0.15) is 18.0 Å². The van der Waals surface area contributed by atoms with Gasteiger partial charge in [0, 0.05) is 12.2 Å². The SMILES string of the molecule is Cc1[nH]ncc1CCCNc1ncnc2cccc(F)c12. The Labute approximate surface area is 121 Å². The van der Waals surface area contributed by atoms with Crippen LogP contribution in [-0.2, 0) is 6.42 Å². The van der Waals surface area contributed by atoms with Crippen LogP contribution in [-0.4, -0.2) is 26.7 Å². The van der Waals surface area contributed by atoms with Gasteiger partial charge in [-0.05, 0) is 37.5 Å². The molecule has 0 saturated heterocycles. The van der Waals surface area contributed by atoms with Crippen molar-refractivity contribution in [2.75, 3.05) is 11.9 Å². The van der Waals surface area contributed by atoms with E-state index in [0.717, 1.165) is 18.5 Å². The number of aryl methyl sites for hydroxylation is 2. The summed E-state index contributed by atoms with van der Waals surface area (Å²) in [6, 6.07) is 4.85. The first-order valence-electron chi connectivity index (χ1n) is 6.87. The molecule has 3 rings (SSSR count). The van der Waals surface area contributed by atoms with E-state index in [4.69, 9.17) is 0 Å². The number of hydrogen-bond acceptors (Lipinski definition) is 4. The van der Waals surface area contributed by atoms with E-state index >= 15 is 0 Å². The van der Waals surface area contributed by atoms with Crippen molar-refractivity contribution in [3.8, 4) is 0 Å². The normalized spacial score (nSPS) is 11.0. The van der Waals surface area contributed by atoms with Crippen LogP contribution in [0.5, 0.6) is 0 Å². The van der Waals surface area contributed by atoms with Crippen molar-refractivity contribution in [2.24, 2.45) is 0 Å². The second kappa shape index (κ2) is 5.87. The van der Waals surface area contributed by atoms with Crippen LogP contribution in [0.1, 0.15) is 17.7 Å². The predicted molar refractivity (Wildman–Crippen MR) is 79.6 cm³/mol. The molecule has 0 amide bonds. The van der Waals surface area contributed by atoms with Crippen molar-refractivity contribution in [1.29, 1.82) is 0 Å². The molecule has 0 aliphatic carbocycles. The molecule has 5 nitrogen and oxygen atoms in total. The fourth-order valence-electron chi connectivity index (χ4n) is 2.32. The number of fused-ring (bicyclic) bond motifs is 1. The molecule has 0 spiro atoms. The quantitative estimate of drug-likeness (QED) is 0.707. The first-order valence-corrected chi connectivity index (χ1v) is 6.87. The Morgan fingerprint density at radius 2 is 2.19 bits per heavy atom. The Bertz CT molecular complexity index is 747. The molecule has 6 heteroatoms. The van der Waals surface area contributed by atoms with Gasteiger partial charge in [-0.15, -0.1) is 0 Å². The maximum Gasteiger partial charge on any atom is 0.140 e. The van der Waals surface area contributed by atoms with Crippen molar-refractivity contribution in [2.45, 2.75) is 19.8 Å². The Morgan fingerprint density at radius 1 is 1.29 bits per heavy atom. The number of rotatable bonds is 5. The fraction of sp³-hybridized carbons (Fsp3) is 0.267. The van der Waals surface area contributed by atoms with Crippen LogP contribution >= 0.6 is 0 Å². The molecular formula is C15H16FN5. The first kappa shape index (κ1) is 13.5. The van der Waals surface area contributed by atoms with E-state index in [9.17, 15) is 4.39 Å². The maximum atomic E-state index is 13.9. The van der Waals surface area contributed by atoms with Crippen molar-refractivity contribution >= 4 is 16.7 Å². The molecule has 21 heavy (non-hydrogen) atoms. The molecule has 0 unspecified atom stereocenters. The van der Waals surface area contributed by atoms with Crippen LogP contribution in [0.3, 0.4) is 0 Å². The number of anilines is 1. The zero-order valence-corrected chi connectivity index (χ0v) is 11.7. The van der Waals surface area contributed by atoms with Gasteiger partial charge >= 0.3 is 0 Å². The zero-order chi connectivity index (χ0) is 14.7. The van der Waals surface area contributed by atoms with Gasteiger partial charge in [-0.25, -0.2) is 14.4 Å². The van der Waals surface area contributed by atoms with E-state index in [-0.39, 0.29) is 5.82 Å². The highest BCUT2D eigenvalue weighted by Gasteiger charge is 2.08. The van der Waals surface area contributed by atoms with Crippen LogP contribution in [0, 0.1) is 12.7 Å². The molecule has 2 heterocycles. The van der Waals surface area contributed by atoms with E-state index in [1.54, 1.807) is 12.1 Å². The summed E-state index contributed by atoms with van der Waals surface area (Å²) in [5.41, 5.74) is 2.90. The van der Waals surface area contributed by atoms with Crippen LogP contribution in [0.4, 0.5) is 10.2 Å². The number of hydrogen-bond donors (Lipinski definition) is 2. The van der Waals surface area contributed by atoms with Crippen molar-refractivity contribution in [1.82, 2.24) is 20.2 Å². The molecule has 0 radical (unpaired) electrons. The summed E-state index contributed by atoms with van der Waals surface area (Å²) in [6.45, 7) is 2.72. The lowest BCUT2D eigenvalue weighted by Gasteiger charge is -2.08. The standard InChI is InChI=1S/C15H16FN5/c1-10-11(8-20-21-10)4-3-7-17-15-14-12(16)5-2-6-13(14)18-9-19-15/h2,5-6,8-9H,3-4,7H2,1H3,(H,20,21)(H,17,18,19).